The second kappa shape index (κ2) is 9.50. The Morgan fingerprint density at radius 3 is 2.39 bits per heavy atom. The fourth-order valence-corrected chi connectivity index (χ4v) is 2.53. The van der Waals surface area contributed by atoms with E-state index in [4.69, 9.17) is 0 Å². The summed E-state index contributed by atoms with van der Waals surface area (Å²) < 4.78 is 1.95. The quantitative estimate of drug-likeness (QED) is 0.472. The van der Waals surface area contributed by atoms with Gasteiger partial charge in [0.25, 0.3) is 0 Å². The summed E-state index contributed by atoms with van der Waals surface area (Å²) in [5.41, 5.74) is 0.103. The normalized spacial score (nSPS) is 12.5. The van der Waals surface area contributed by atoms with Gasteiger partial charge in [-0.15, -0.1) is 10.2 Å². The molecule has 3 N–H and O–H groups in total. The largest absolute Gasteiger partial charge is 0.396 e. The molecule has 0 saturated carbocycles. The van der Waals surface area contributed by atoms with E-state index in [-0.39, 0.29) is 12.0 Å². The number of nitrogens with zero attached hydrogens (tertiary/aromatic N) is 4. The summed E-state index contributed by atoms with van der Waals surface area (Å²) in [5.74, 6) is 2.50. The lowest BCUT2D eigenvalue weighted by molar-refractivity contribution is 0.169. The molecule has 1 aromatic rings. The first-order valence-corrected chi connectivity index (χ1v) is 8.49. The number of aryl methyl sites for hydroxylation is 1. The van der Waals surface area contributed by atoms with Crippen molar-refractivity contribution in [3.63, 3.8) is 0 Å². The first kappa shape index (κ1) is 19.4. The van der Waals surface area contributed by atoms with Crippen LogP contribution in [0, 0.1) is 12.3 Å². The summed E-state index contributed by atoms with van der Waals surface area (Å²) in [4.78, 5) is 4.60. The van der Waals surface area contributed by atoms with E-state index in [1.54, 1.807) is 0 Å². The van der Waals surface area contributed by atoms with Gasteiger partial charge >= 0.3 is 0 Å². The van der Waals surface area contributed by atoms with Crippen molar-refractivity contribution in [2.45, 2.75) is 53.5 Å². The van der Waals surface area contributed by atoms with E-state index in [9.17, 15) is 5.11 Å². The molecule has 0 unspecified atom stereocenters. The van der Waals surface area contributed by atoms with E-state index >= 15 is 0 Å². The SMILES string of the molecule is CCNC(=NCc1nnc(C)n1C)NCC(CC)(CC)CCO. The van der Waals surface area contributed by atoms with E-state index in [1.165, 1.54) is 0 Å². The Kier molecular flexibility index (Phi) is 8.02. The molecule has 7 heteroatoms. The van der Waals surface area contributed by atoms with E-state index in [0.29, 0.717) is 6.54 Å². The first-order valence-electron chi connectivity index (χ1n) is 8.49. The maximum atomic E-state index is 9.33. The molecule has 0 saturated heterocycles. The van der Waals surface area contributed by atoms with Gasteiger partial charge in [0.05, 0.1) is 0 Å². The van der Waals surface area contributed by atoms with Crippen LogP contribution in [0.5, 0.6) is 0 Å². The fraction of sp³-hybridized carbons (Fsp3) is 0.812. The van der Waals surface area contributed by atoms with Crippen LogP contribution in [0.25, 0.3) is 0 Å². The van der Waals surface area contributed by atoms with Crippen LogP contribution in [0.2, 0.25) is 0 Å². The number of hydrogen-bond acceptors (Lipinski definition) is 4. The van der Waals surface area contributed by atoms with Crippen molar-refractivity contribution in [1.29, 1.82) is 0 Å². The lowest BCUT2D eigenvalue weighted by Crippen LogP contribution is -2.44. The third-order valence-corrected chi connectivity index (χ3v) is 4.68. The van der Waals surface area contributed by atoms with Crippen molar-refractivity contribution >= 4 is 5.96 Å². The number of aromatic nitrogens is 3. The highest BCUT2D eigenvalue weighted by molar-refractivity contribution is 5.79. The van der Waals surface area contributed by atoms with Gasteiger partial charge in [-0.3, -0.25) is 0 Å². The molecule has 0 aliphatic rings. The zero-order valence-electron chi connectivity index (χ0n) is 15.2. The molecular formula is C16H32N6O. The average Bonchev–Trinajstić information content (AvgIpc) is 2.88. The molecule has 132 valence electrons. The van der Waals surface area contributed by atoms with E-state index < -0.39 is 0 Å². The molecule has 0 aliphatic carbocycles. The number of hydrogen-bond donors (Lipinski definition) is 3. The lowest BCUT2D eigenvalue weighted by Gasteiger charge is -2.32. The molecule has 0 aliphatic heterocycles. The molecule has 0 aromatic carbocycles. The minimum atomic E-state index is 0.103. The van der Waals surface area contributed by atoms with Gasteiger partial charge in [-0.2, -0.15) is 0 Å². The van der Waals surface area contributed by atoms with Crippen LogP contribution < -0.4 is 10.6 Å². The topological polar surface area (TPSA) is 87.4 Å². The van der Waals surface area contributed by atoms with Gasteiger partial charge in [-0.25, -0.2) is 4.99 Å². The maximum absolute atomic E-state index is 9.33. The maximum Gasteiger partial charge on any atom is 0.191 e. The number of guanidine groups is 1. The average molecular weight is 324 g/mol. The third-order valence-electron chi connectivity index (χ3n) is 4.68. The van der Waals surface area contributed by atoms with Gasteiger partial charge < -0.3 is 20.3 Å². The smallest absolute Gasteiger partial charge is 0.191 e. The molecule has 7 nitrogen and oxygen atoms in total. The van der Waals surface area contributed by atoms with Gasteiger partial charge in [0.1, 0.15) is 12.4 Å². The predicted molar refractivity (Wildman–Crippen MR) is 93.3 cm³/mol. The molecule has 0 atom stereocenters. The molecule has 0 fully saturated rings. The van der Waals surface area contributed by atoms with Crippen molar-refractivity contribution in [3.05, 3.63) is 11.6 Å². The summed E-state index contributed by atoms with van der Waals surface area (Å²) in [5, 5.41) is 24.2. The monoisotopic (exact) mass is 324 g/mol. The highest BCUT2D eigenvalue weighted by Crippen LogP contribution is 2.29. The van der Waals surface area contributed by atoms with E-state index in [0.717, 1.165) is 50.0 Å². The fourth-order valence-electron chi connectivity index (χ4n) is 2.53. The van der Waals surface area contributed by atoms with Crippen molar-refractivity contribution in [3.8, 4) is 0 Å². The Labute approximate surface area is 139 Å². The van der Waals surface area contributed by atoms with E-state index in [1.807, 2.05) is 25.5 Å². The van der Waals surface area contributed by atoms with Crippen LogP contribution >= 0.6 is 0 Å². The second-order valence-corrected chi connectivity index (χ2v) is 5.95. The van der Waals surface area contributed by atoms with Crippen LogP contribution in [-0.2, 0) is 13.6 Å². The van der Waals surface area contributed by atoms with Crippen molar-refractivity contribution in [2.75, 3.05) is 19.7 Å². The van der Waals surface area contributed by atoms with Gasteiger partial charge in [-0.05, 0) is 38.5 Å². The Balaban J connectivity index is 2.73. The van der Waals surface area contributed by atoms with Crippen LogP contribution in [0.3, 0.4) is 0 Å². The molecule has 1 heterocycles. The lowest BCUT2D eigenvalue weighted by atomic mass is 9.79. The molecule has 23 heavy (non-hydrogen) atoms. The number of nitrogens with one attached hydrogen (secondary N) is 2. The Morgan fingerprint density at radius 2 is 1.91 bits per heavy atom. The summed E-state index contributed by atoms with van der Waals surface area (Å²) >= 11 is 0. The van der Waals surface area contributed by atoms with Crippen molar-refractivity contribution in [2.24, 2.45) is 17.5 Å². The first-order chi connectivity index (χ1) is 11.0. The summed E-state index contributed by atoms with van der Waals surface area (Å²) in [6.07, 6.45) is 2.85. The van der Waals surface area contributed by atoms with Crippen LogP contribution in [0.4, 0.5) is 0 Å². The molecule has 1 aromatic heterocycles. The number of aliphatic imine (C=N–C) groups is 1. The zero-order valence-corrected chi connectivity index (χ0v) is 15.2. The van der Waals surface area contributed by atoms with Crippen LogP contribution in [0.1, 0.15) is 51.7 Å². The van der Waals surface area contributed by atoms with Crippen LogP contribution in [-0.4, -0.2) is 45.5 Å². The molecular weight excluding hydrogens is 292 g/mol. The summed E-state index contributed by atoms with van der Waals surface area (Å²) in [7, 11) is 1.95. The van der Waals surface area contributed by atoms with Gasteiger partial charge in [0, 0.05) is 26.7 Å². The number of aliphatic hydroxyl groups is 1. The number of aliphatic hydroxyl groups excluding tert-OH is 1. The standard InChI is InChI=1S/C16H32N6O/c1-6-16(7-2,9-10-23)12-19-15(17-8-3)18-11-14-21-20-13(4)22(14)5/h23H,6-12H2,1-5H3,(H2,17,18,19). The van der Waals surface area contributed by atoms with Gasteiger partial charge in [0.2, 0.25) is 0 Å². The minimum Gasteiger partial charge on any atom is -0.396 e. The minimum absolute atomic E-state index is 0.103. The summed E-state index contributed by atoms with van der Waals surface area (Å²) in [6.45, 7) is 10.6. The molecule has 0 amide bonds. The third kappa shape index (κ3) is 5.49. The molecule has 1 rings (SSSR count). The van der Waals surface area contributed by atoms with Crippen molar-refractivity contribution in [1.82, 2.24) is 25.4 Å². The number of rotatable bonds is 9. The molecule has 0 radical (unpaired) electrons. The Hall–Kier alpha value is -1.63. The molecule has 0 bridgehead atoms. The summed E-state index contributed by atoms with van der Waals surface area (Å²) in [6, 6.07) is 0. The Bertz CT molecular complexity index is 493. The van der Waals surface area contributed by atoms with Crippen molar-refractivity contribution < 1.29 is 5.11 Å². The highest BCUT2D eigenvalue weighted by Gasteiger charge is 2.25. The van der Waals surface area contributed by atoms with Gasteiger partial charge in [0.15, 0.2) is 11.8 Å². The van der Waals surface area contributed by atoms with E-state index in [2.05, 4.69) is 39.7 Å². The Morgan fingerprint density at radius 1 is 1.22 bits per heavy atom. The van der Waals surface area contributed by atoms with Crippen LogP contribution in [0.15, 0.2) is 4.99 Å². The van der Waals surface area contributed by atoms with Gasteiger partial charge in [-0.1, -0.05) is 13.8 Å². The predicted octanol–water partition coefficient (Wildman–Crippen LogP) is 1.37. The zero-order chi connectivity index (χ0) is 17.3. The second-order valence-electron chi connectivity index (χ2n) is 5.95. The molecule has 0 spiro atoms. The highest BCUT2D eigenvalue weighted by atomic mass is 16.3.